The standard InChI is InChI=1S/C11H14ClN3O3.ClH/c12-8-3-1-7(2-4-8)5-9(13)6-18-11(17)15-10(14)16;/h1-4,9H,5-6,13H2,(H3,14,15,16,17);1H. The van der Waals surface area contributed by atoms with E-state index in [-0.39, 0.29) is 25.1 Å². The minimum absolute atomic E-state index is 0. The van der Waals surface area contributed by atoms with Crippen molar-refractivity contribution in [1.29, 1.82) is 0 Å². The van der Waals surface area contributed by atoms with Gasteiger partial charge in [0, 0.05) is 11.4 Å². The number of ether oxygens (including phenoxy) is 1. The fourth-order valence-corrected chi connectivity index (χ4v) is 1.47. The molecule has 1 unspecified atom stereocenters. The van der Waals surface area contributed by atoms with Crippen molar-refractivity contribution >= 4 is 23.7 Å². The molecule has 3 amide bonds. The highest BCUT2D eigenvalue weighted by Crippen LogP contribution is 2.10. The van der Waals surface area contributed by atoms with E-state index in [2.05, 4.69) is 5.73 Å². The summed E-state index contributed by atoms with van der Waals surface area (Å²) in [4.78, 5) is 21.3. The predicted molar refractivity (Wildman–Crippen MR) is 65.9 cm³/mol. The number of primary amides is 1. The van der Waals surface area contributed by atoms with E-state index in [1.165, 1.54) is 0 Å². The second-order valence-corrected chi connectivity index (χ2v) is 4.22. The van der Waals surface area contributed by atoms with E-state index >= 15 is 0 Å². The summed E-state index contributed by atoms with van der Waals surface area (Å²) in [6.45, 7) is 0.0989. The van der Waals surface area contributed by atoms with Gasteiger partial charge in [-0.15, -0.1) is 0 Å². The monoisotopic (exact) mass is 307 g/mol. The number of benzene rings is 1. The fourth-order valence-electron chi connectivity index (χ4n) is 1.34. The molecule has 1 rings (SSSR count). The molecule has 6 N–H and O–H groups in total. The summed E-state index contributed by atoms with van der Waals surface area (Å²) >= 11 is 5.76. The molecule has 0 bridgehead atoms. The number of imide groups is 1. The number of hydrogen-bond donors (Lipinski definition) is 3. The molecule has 19 heavy (non-hydrogen) atoms. The van der Waals surface area contributed by atoms with E-state index in [4.69, 9.17) is 22.1 Å². The van der Waals surface area contributed by atoms with Crippen LogP contribution in [0.5, 0.6) is 0 Å². The van der Waals surface area contributed by atoms with Crippen LogP contribution in [0.2, 0.25) is 5.02 Å². The van der Waals surface area contributed by atoms with Crippen LogP contribution in [0.3, 0.4) is 0 Å². The average Bonchev–Trinajstić information content (AvgIpc) is 2.29. The Hall–Kier alpha value is -1.50. The zero-order valence-corrected chi connectivity index (χ0v) is 11.6. The summed E-state index contributed by atoms with van der Waals surface area (Å²) in [7, 11) is 0. The highest BCUT2D eigenvalue weighted by Gasteiger charge is 2.12. The van der Waals surface area contributed by atoms with Crippen molar-refractivity contribution in [3.8, 4) is 0 Å². The van der Waals surface area contributed by atoms with Gasteiger partial charge in [0.1, 0.15) is 12.6 Å². The maximum atomic E-state index is 11.0. The van der Waals surface area contributed by atoms with Crippen LogP contribution in [-0.2, 0) is 11.2 Å². The second kappa shape index (κ2) is 8.58. The van der Waals surface area contributed by atoms with Gasteiger partial charge in [0.2, 0.25) is 0 Å². The number of urea groups is 1. The maximum absolute atomic E-state index is 11.0. The van der Waals surface area contributed by atoms with Gasteiger partial charge in [-0.3, -0.25) is 0 Å². The molecular formula is C11H15Cl2N3O3. The van der Waals surface area contributed by atoms with Gasteiger partial charge in [0.15, 0.2) is 0 Å². The number of amides is 3. The predicted octanol–water partition coefficient (Wildman–Crippen LogP) is -2.70. The van der Waals surface area contributed by atoms with Gasteiger partial charge in [-0.1, -0.05) is 23.7 Å². The number of rotatable bonds is 4. The van der Waals surface area contributed by atoms with Crippen molar-refractivity contribution in [3.63, 3.8) is 0 Å². The molecule has 0 aliphatic carbocycles. The van der Waals surface area contributed by atoms with Crippen LogP contribution >= 0.6 is 11.6 Å². The van der Waals surface area contributed by atoms with Crippen molar-refractivity contribution in [3.05, 3.63) is 34.9 Å². The summed E-state index contributed by atoms with van der Waals surface area (Å²) in [6, 6.07) is 6.26. The van der Waals surface area contributed by atoms with E-state index in [0.717, 1.165) is 5.56 Å². The number of alkyl carbamates (subject to hydrolysis) is 1. The molecule has 0 saturated heterocycles. The van der Waals surface area contributed by atoms with Crippen molar-refractivity contribution < 1.29 is 32.5 Å². The average molecular weight is 308 g/mol. The molecule has 6 nitrogen and oxygen atoms in total. The van der Waals surface area contributed by atoms with Gasteiger partial charge in [-0.25, -0.2) is 14.9 Å². The third-order valence-corrected chi connectivity index (χ3v) is 2.37. The lowest BCUT2D eigenvalue weighted by atomic mass is 10.1. The third-order valence-electron chi connectivity index (χ3n) is 2.11. The molecule has 1 aromatic rings. The summed E-state index contributed by atoms with van der Waals surface area (Å²) < 4.78 is 4.77. The van der Waals surface area contributed by atoms with Crippen LogP contribution in [0, 0.1) is 0 Å². The van der Waals surface area contributed by atoms with Gasteiger partial charge in [-0.05, 0) is 17.7 Å². The van der Waals surface area contributed by atoms with E-state index in [9.17, 15) is 9.59 Å². The minimum atomic E-state index is -0.946. The Labute approximate surface area is 121 Å². The molecule has 0 radical (unpaired) electrons. The quantitative estimate of drug-likeness (QED) is 0.563. The Bertz CT molecular complexity index is 426. The summed E-state index contributed by atoms with van der Waals surface area (Å²) in [5.41, 5.74) is 9.65. The molecule has 0 aromatic heterocycles. The van der Waals surface area contributed by atoms with E-state index in [1.807, 2.05) is 12.1 Å². The van der Waals surface area contributed by atoms with Crippen molar-refractivity contribution in [2.75, 3.05) is 6.61 Å². The zero-order chi connectivity index (χ0) is 13.5. The van der Waals surface area contributed by atoms with Crippen LogP contribution < -0.4 is 29.2 Å². The normalized spacial score (nSPS) is 11.1. The molecule has 0 aliphatic rings. The number of halogens is 2. The van der Waals surface area contributed by atoms with E-state index in [0.29, 0.717) is 11.4 Å². The Morgan fingerprint density at radius 1 is 1.37 bits per heavy atom. The molecule has 1 aromatic carbocycles. The molecule has 0 saturated carbocycles. The topological polar surface area (TPSA) is 109 Å². The van der Waals surface area contributed by atoms with Gasteiger partial charge in [0.05, 0.1) is 0 Å². The summed E-state index contributed by atoms with van der Waals surface area (Å²) in [6.07, 6.45) is -0.228. The first kappa shape index (κ1) is 17.5. The number of nitrogens with one attached hydrogen (secondary N) is 1. The van der Waals surface area contributed by atoms with Gasteiger partial charge in [0.25, 0.3) is 0 Å². The molecule has 0 spiro atoms. The van der Waals surface area contributed by atoms with Gasteiger partial charge in [-0.2, -0.15) is 0 Å². The van der Waals surface area contributed by atoms with Crippen LogP contribution in [0.4, 0.5) is 9.59 Å². The number of carbonyl (C=O) groups excluding carboxylic acids is 2. The number of carbonyl (C=O) groups is 2. The minimum Gasteiger partial charge on any atom is -1.00 e. The molecule has 8 heteroatoms. The lowest BCUT2D eigenvalue weighted by Crippen LogP contribution is -3.00. The summed E-state index contributed by atoms with van der Waals surface area (Å²) in [5.74, 6) is 0. The number of hydrogen-bond acceptors (Lipinski definition) is 3. The molecule has 0 aliphatic heterocycles. The first-order valence-corrected chi connectivity index (χ1v) is 5.66. The Morgan fingerprint density at radius 2 is 1.95 bits per heavy atom. The number of nitrogens with two attached hydrogens (primary N) is 1. The highest BCUT2D eigenvalue weighted by molar-refractivity contribution is 6.30. The van der Waals surface area contributed by atoms with Crippen LogP contribution in [-0.4, -0.2) is 24.8 Å². The maximum Gasteiger partial charge on any atom is 0.415 e. The van der Waals surface area contributed by atoms with Crippen molar-refractivity contribution in [1.82, 2.24) is 5.32 Å². The van der Waals surface area contributed by atoms with Crippen LogP contribution in [0.15, 0.2) is 24.3 Å². The second-order valence-electron chi connectivity index (χ2n) is 3.78. The zero-order valence-electron chi connectivity index (χ0n) is 10.1. The fraction of sp³-hybridized carbons (Fsp3) is 0.273. The molecular weight excluding hydrogens is 293 g/mol. The lowest BCUT2D eigenvalue weighted by Gasteiger charge is -2.09. The Kier molecular flexibility index (Phi) is 7.90. The summed E-state index contributed by atoms with van der Waals surface area (Å²) in [5, 5.41) is 2.47. The van der Waals surface area contributed by atoms with Crippen LogP contribution in [0.25, 0.3) is 0 Å². The SMILES string of the molecule is NC(=O)NC(=O)OCC([NH3+])Cc1ccc(Cl)cc1.[Cl-]. The molecule has 0 fully saturated rings. The Morgan fingerprint density at radius 3 is 2.47 bits per heavy atom. The first-order chi connectivity index (χ1) is 8.47. The molecule has 0 heterocycles. The molecule has 106 valence electrons. The largest absolute Gasteiger partial charge is 1.00 e. The molecule has 1 atom stereocenters. The highest BCUT2D eigenvalue weighted by atomic mass is 35.5. The van der Waals surface area contributed by atoms with Crippen LogP contribution in [0.1, 0.15) is 5.56 Å². The lowest BCUT2D eigenvalue weighted by molar-refractivity contribution is -0.424. The van der Waals surface area contributed by atoms with E-state index < -0.39 is 12.1 Å². The smallest absolute Gasteiger partial charge is 0.415 e. The first-order valence-electron chi connectivity index (χ1n) is 5.28. The van der Waals surface area contributed by atoms with E-state index in [1.54, 1.807) is 17.4 Å². The number of quaternary nitrogens is 1. The van der Waals surface area contributed by atoms with Crippen molar-refractivity contribution in [2.45, 2.75) is 12.5 Å². The Balaban J connectivity index is 0.00000324. The van der Waals surface area contributed by atoms with Gasteiger partial charge >= 0.3 is 12.1 Å². The van der Waals surface area contributed by atoms with Crippen molar-refractivity contribution in [2.24, 2.45) is 5.73 Å². The van der Waals surface area contributed by atoms with Gasteiger partial charge < -0.3 is 28.6 Å². The third kappa shape index (κ3) is 7.50.